The van der Waals surface area contributed by atoms with Crippen LogP contribution in [0.4, 0.5) is 0 Å². The Morgan fingerprint density at radius 2 is 2.36 bits per heavy atom. The first kappa shape index (κ1) is 11.1. The Morgan fingerprint density at radius 3 is 2.86 bits per heavy atom. The molecule has 0 aliphatic carbocycles. The predicted molar refractivity (Wildman–Crippen MR) is 48.6 cm³/mol. The van der Waals surface area contributed by atoms with Crippen LogP contribution >= 0.6 is 0 Å². The minimum atomic E-state index is -0.0869. The Kier molecular flexibility index (Phi) is 4.51. The van der Waals surface area contributed by atoms with E-state index in [1.807, 2.05) is 6.92 Å². The summed E-state index contributed by atoms with van der Waals surface area (Å²) in [5.41, 5.74) is 1.51. The fourth-order valence-corrected chi connectivity index (χ4v) is 1.03. The monoisotopic (exact) mass is 201 g/mol. The Labute approximate surface area is 82.2 Å². The third-order valence-electron chi connectivity index (χ3n) is 1.89. The molecule has 2 N–H and O–H groups in total. The van der Waals surface area contributed by atoms with E-state index < -0.39 is 0 Å². The molecule has 0 aliphatic rings. The third kappa shape index (κ3) is 3.06. The van der Waals surface area contributed by atoms with Crippen LogP contribution in [0.1, 0.15) is 11.4 Å². The van der Waals surface area contributed by atoms with Gasteiger partial charge in [0, 0.05) is 13.7 Å². The Bertz CT molecular complexity index is 264. The number of nitrogens with one attached hydrogen (secondary N) is 1. The van der Waals surface area contributed by atoms with E-state index in [2.05, 4.69) is 20.3 Å². The number of ether oxygens (including phenoxy) is 1. The molecule has 0 fully saturated rings. The molecule has 1 aromatic rings. The SMILES string of the molecule is COCC(CO)NCc1nonc1C. The zero-order chi connectivity index (χ0) is 10.4. The van der Waals surface area contributed by atoms with Gasteiger partial charge in [0.1, 0.15) is 11.4 Å². The first-order chi connectivity index (χ1) is 6.77. The topological polar surface area (TPSA) is 80.4 Å². The Balaban J connectivity index is 2.35. The van der Waals surface area contributed by atoms with E-state index in [-0.39, 0.29) is 12.6 Å². The van der Waals surface area contributed by atoms with Gasteiger partial charge in [-0.05, 0) is 6.92 Å². The lowest BCUT2D eigenvalue weighted by atomic mass is 10.3. The molecule has 0 saturated carbocycles. The predicted octanol–water partition coefficient (Wildman–Crippen LogP) is -0.525. The van der Waals surface area contributed by atoms with Gasteiger partial charge in [-0.15, -0.1) is 0 Å². The van der Waals surface area contributed by atoms with E-state index in [4.69, 9.17) is 9.84 Å². The lowest BCUT2D eigenvalue weighted by molar-refractivity contribution is 0.127. The fraction of sp³-hybridized carbons (Fsp3) is 0.750. The molecule has 0 aromatic carbocycles. The summed E-state index contributed by atoms with van der Waals surface area (Å²) in [5.74, 6) is 0. The summed E-state index contributed by atoms with van der Waals surface area (Å²) in [5, 5.41) is 19.4. The Hall–Kier alpha value is -0.980. The molecule has 1 atom stereocenters. The van der Waals surface area contributed by atoms with Gasteiger partial charge in [-0.2, -0.15) is 0 Å². The fourth-order valence-electron chi connectivity index (χ4n) is 1.03. The molecular weight excluding hydrogens is 186 g/mol. The zero-order valence-electron chi connectivity index (χ0n) is 8.36. The number of aryl methyl sites for hydroxylation is 1. The van der Waals surface area contributed by atoms with Crippen molar-refractivity contribution in [3.05, 3.63) is 11.4 Å². The number of nitrogens with zero attached hydrogens (tertiary/aromatic N) is 2. The van der Waals surface area contributed by atoms with E-state index in [1.165, 1.54) is 0 Å². The van der Waals surface area contributed by atoms with Crippen molar-refractivity contribution < 1.29 is 14.5 Å². The van der Waals surface area contributed by atoms with Crippen LogP contribution in [0.15, 0.2) is 4.63 Å². The van der Waals surface area contributed by atoms with E-state index in [0.717, 1.165) is 11.4 Å². The first-order valence-electron chi connectivity index (χ1n) is 4.39. The normalized spacial score (nSPS) is 13.1. The summed E-state index contributed by atoms with van der Waals surface area (Å²) in [4.78, 5) is 0. The lowest BCUT2D eigenvalue weighted by Gasteiger charge is -2.13. The van der Waals surface area contributed by atoms with Crippen molar-refractivity contribution in [2.75, 3.05) is 20.3 Å². The van der Waals surface area contributed by atoms with Gasteiger partial charge < -0.3 is 15.2 Å². The lowest BCUT2D eigenvalue weighted by Crippen LogP contribution is -2.36. The highest BCUT2D eigenvalue weighted by molar-refractivity contribution is 5.04. The van der Waals surface area contributed by atoms with Crippen molar-refractivity contribution >= 4 is 0 Å². The highest BCUT2D eigenvalue weighted by atomic mass is 16.6. The minimum Gasteiger partial charge on any atom is -0.395 e. The summed E-state index contributed by atoms with van der Waals surface area (Å²) in [6.45, 7) is 2.82. The van der Waals surface area contributed by atoms with Crippen LogP contribution in [0.3, 0.4) is 0 Å². The van der Waals surface area contributed by atoms with Crippen molar-refractivity contribution in [1.82, 2.24) is 15.6 Å². The molecule has 80 valence electrons. The maximum Gasteiger partial charge on any atom is 0.121 e. The molecule has 0 radical (unpaired) electrons. The summed E-state index contributed by atoms with van der Waals surface area (Å²) < 4.78 is 9.45. The molecule has 6 heteroatoms. The van der Waals surface area contributed by atoms with Gasteiger partial charge >= 0.3 is 0 Å². The number of aliphatic hydroxyl groups is 1. The van der Waals surface area contributed by atoms with Crippen LogP contribution in [0.2, 0.25) is 0 Å². The molecule has 0 amide bonds. The van der Waals surface area contributed by atoms with Gasteiger partial charge in [-0.1, -0.05) is 10.3 Å². The molecule has 1 unspecified atom stereocenters. The van der Waals surface area contributed by atoms with E-state index in [0.29, 0.717) is 13.2 Å². The number of rotatable bonds is 6. The summed E-state index contributed by atoms with van der Waals surface area (Å²) >= 11 is 0. The molecule has 1 aromatic heterocycles. The molecular formula is C8H15N3O3. The molecule has 0 spiro atoms. The number of aromatic nitrogens is 2. The minimum absolute atomic E-state index is 0.0260. The molecule has 14 heavy (non-hydrogen) atoms. The number of hydrogen-bond acceptors (Lipinski definition) is 6. The van der Waals surface area contributed by atoms with Gasteiger partial charge in [0.2, 0.25) is 0 Å². The van der Waals surface area contributed by atoms with Crippen molar-refractivity contribution in [3.8, 4) is 0 Å². The third-order valence-corrected chi connectivity index (χ3v) is 1.89. The number of hydrogen-bond donors (Lipinski definition) is 2. The largest absolute Gasteiger partial charge is 0.395 e. The van der Waals surface area contributed by atoms with Crippen molar-refractivity contribution in [2.24, 2.45) is 0 Å². The molecule has 0 bridgehead atoms. The molecule has 1 rings (SSSR count). The number of aliphatic hydroxyl groups excluding tert-OH is 1. The van der Waals surface area contributed by atoms with E-state index in [1.54, 1.807) is 7.11 Å². The second-order valence-corrected chi connectivity index (χ2v) is 3.01. The summed E-state index contributed by atoms with van der Waals surface area (Å²) in [6, 6.07) is -0.0869. The van der Waals surface area contributed by atoms with Gasteiger partial charge in [0.05, 0.1) is 19.3 Å². The van der Waals surface area contributed by atoms with Gasteiger partial charge in [0.25, 0.3) is 0 Å². The molecule has 0 aliphatic heterocycles. The van der Waals surface area contributed by atoms with Gasteiger partial charge in [-0.3, -0.25) is 0 Å². The van der Waals surface area contributed by atoms with Gasteiger partial charge in [-0.25, -0.2) is 4.63 Å². The van der Waals surface area contributed by atoms with Crippen molar-refractivity contribution in [1.29, 1.82) is 0 Å². The van der Waals surface area contributed by atoms with Crippen molar-refractivity contribution in [3.63, 3.8) is 0 Å². The summed E-state index contributed by atoms with van der Waals surface area (Å²) in [7, 11) is 1.59. The average Bonchev–Trinajstić information content (AvgIpc) is 2.59. The standard InChI is InChI=1S/C8H15N3O3/c1-6-8(11-14-10-6)3-9-7(4-12)5-13-2/h7,9,12H,3-5H2,1-2H3. The molecule has 6 nitrogen and oxygen atoms in total. The average molecular weight is 201 g/mol. The van der Waals surface area contributed by atoms with Crippen LogP contribution in [0.25, 0.3) is 0 Å². The highest BCUT2D eigenvalue weighted by Gasteiger charge is 2.09. The van der Waals surface area contributed by atoms with Crippen LogP contribution in [-0.4, -0.2) is 41.8 Å². The van der Waals surface area contributed by atoms with Crippen LogP contribution in [0.5, 0.6) is 0 Å². The quantitative estimate of drug-likeness (QED) is 0.644. The zero-order valence-corrected chi connectivity index (χ0v) is 8.36. The van der Waals surface area contributed by atoms with Crippen molar-refractivity contribution in [2.45, 2.75) is 19.5 Å². The second kappa shape index (κ2) is 5.69. The highest BCUT2D eigenvalue weighted by Crippen LogP contribution is 1.99. The maximum absolute atomic E-state index is 8.95. The molecule has 0 saturated heterocycles. The number of methoxy groups -OCH3 is 1. The Morgan fingerprint density at radius 1 is 1.57 bits per heavy atom. The second-order valence-electron chi connectivity index (χ2n) is 3.01. The van der Waals surface area contributed by atoms with E-state index in [9.17, 15) is 0 Å². The smallest absolute Gasteiger partial charge is 0.121 e. The van der Waals surface area contributed by atoms with E-state index >= 15 is 0 Å². The van der Waals surface area contributed by atoms with Crippen LogP contribution in [0, 0.1) is 6.92 Å². The van der Waals surface area contributed by atoms with Crippen LogP contribution < -0.4 is 5.32 Å². The first-order valence-corrected chi connectivity index (χ1v) is 4.39. The maximum atomic E-state index is 8.95. The van der Waals surface area contributed by atoms with Crippen LogP contribution in [-0.2, 0) is 11.3 Å². The van der Waals surface area contributed by atoms with Gasteiger partial charge in [0.15, 0.2) is 0 Å². The molecule has 1 heterocycles. The summed E-state index contributed by atoms with van der Waals surface area (Å²) in [6.07, 6.45) is 0.